The lowest BCUT2D eigenvalue weighted by molar-refractivity contribution is -0.00415. The third-order valence-corrected chi connectivity index (χ3v) is 6.66. The molecule has 0 amide bonds. The second-order valence-electron chi connectivity index (χ2n) is 8.59. The maximum Gasteiger partial charge on any atom is 0.329 e. The summed E-state index contributed by atoms with van der Waals surface area (Å²) in [4.78, 5) is 29.1. The average molecular weight is 432 g/mol. The molecule has 0 bridgehead atoms. The van der Waals surface area contributed by atoms with Crippen LogP contribution in [0.1, 0.15) is 31.7 Å². The Morgan fingerprint density at radius 2 is 2.00 bits per heavy atom. The monoisotopic (exact) mass is 432 g/mol. The van der Waals surface area contributed by atoms with E-state index >= 15 is 4.39 Å². The van der Waals surface area contributed by atoms with Crippen LogP contribution in [0.2, 0.25) is 0 Å². The van der Waals surface area contributed by atoms with Gasteiger partial charge in [-0.1, -0.05) is 6.08 Å². The topological polar surface area (TPSA) is 134 Å². The van der Waals surface area contributed by atoms with Gasteiger partial charge in [0.25, 0.3) is 5.56 Å². The number of nitrogens with one attached hydrogen (secondary N) is 1. The Kier molecular flexibility index (Phi) is 4.60. The normalized spacial score (nSPS) is 26.0. The maximum absolute atomic E-state index is 15.6. The molecule has 3 aliphatic rings. The Morgan fingerprint density at radius 3 is 2.68 bits per heavy atom. The summed E-state index contributed by atoms with van der Waals surface area (Å²) >= 11 is 0. The van der Waals surface area contributed by atoms with Gasteiger partial charge in [-0.3, -0.25) is 14.3 Å². The predicted molar refractivity (Wildman–Crippen MR) is 113 cm³/mol. The number of anilines is 2. The Labute approximate surface area is 176 Å². The lowest BCUT2D eigenvalue weighted by atomic mass is 9.94. The van der Waals surface area contributed by atoms with E-state index in [0.29, 0.717) is 19.4 Å². The van der Waals surface area contributed by atoms with Crippen molar-refractivity contribution in [2.24, 2.45) is 5.92 Å². The van der Waals surface area contributed by atoms with E-state index in [-0.39, 0.29) is 46.5 Å². The number of nitrogens with zero attached hydrogens (tertiary/aromatic N) is 2. The Balaban J connectivity index is 1.74. The van der Waals surface area contributed by atoms with Crippen molar-refractivity contribution in [2.75, 3.05) is 30.8 Å². The summed E-state index contributed by atoms with van der Waals surface area (Å²) in [6.07, 6.45) is 2.78. The molecule has 0 spiro atoms. The van der Waals surface area contributed by atoms with Crippen LogP contribution in [0.5, 0.6) is 5.75 Å². The van der Waals surface area contributed by atoms with Gasteiger partial charge in [0, 0.05) is 25.0 Å². The molecule has 5 N–H and O–H groups in total. The minimum absolute atomic E-state index is 0.0579. The number of allylic oxidation sites excluding steroid dienone is 1. The zero-order valence-electron chi connectivity index (χ0n) is 17.1. The number of fused-ring (bicyclic) bond motifs is 2. The molecule has 2 heterocycles. The Bertz CT molecular complexity index is 1220. The Hall–Kier alpha value is -2.85. The number of benzene rings is 1. The number of hydrogen-bond donors (Lipinski definition) is 4. The fourth-order valence-electron chi connectivity index (χ4n) is 4.98. The van der Waals surface area contributed by atoms with Crippen LogP contribution in [0.4, 0.5) is 15.8 Å². The molecule has 0 radical (unpaired) electrons. The molecule has 2 fully saturated rings. The van der Waals surface area contributed by atoms with E-state index in [1.54, 1.807) is 4.90 Å². The summed E-state index contributed by atoms with van der Waals surface area (Å²) in [6.45, 7) is 0.572. The summed E-state index contributed by atoms with van der Waals surface area (Å²) in [5.74, 6) is -1.09. The first-order valence-corrected chi connectivity index (χ1v) is 10.5. The van der Waals surface area contributed by atoms with Gasteiger partial charge in [-0.05, 0) is 31.3 Å². The summed E-state index contributed by atoms with van der Waals surface area (Å²) in [5.41, 5.74) is 5.55. The fraction of sp³-hybridized carbons (Fsp3) is 0.524. The van der Waals surface area contributed by atoms with Crippen molar-refractivity contribution in [3.8, 4) is 5.75 Å². The van der Waals surface area contributed by atoms with Gasteiger partial charge in [-0.25, -0.2) is 9.18 Å². The molecular weight excluding hydrogens is 407 g/mol. The maximum atomic E-state index is 15.6. The van der Waals surface area contributed by atoms with E-state index in [1.807, 2.05) is 6.08 Å². The van der Waals surface area contributed by atoms with E-state index in [0.717, 1.165) is 18.4 Å². The highest BCUT2D eigenvalue weighted by Gasteiger charge is 2.40. The van der Waals surface area contributed by atoms with Crippen LogP contribution in [0.15, 0.2) is 21.2 Å². The van der Waals surface area contributed by atoms with Gasteiger partial charge < -0.3 is 25.6 Å². The SMILES string of the molecule is COc1c(N2CC3=CCCC(O)C(O)C3C2)c(F)c(N)c2c(=O)[nH]c(=O)n(C3CC3)c12. The number of H-pyrrole nitrogens is 1. The molecular formula is C21H25FN4O5. The first-order valence-electron chi connectivity index (χ1n) is 10.5. The third-order valence-electron chi connectivity index (χ3n) is 6.66. The summed E-state index contributed by atoms with van der Waals surface area (Å²) in [6, 6.07) is -0.109. The minimum atomic E-state index is -0.960. The van der Waals surface area contributed by atoms with Crippen molar-refractivity contribution >= 4 is 22.3 Å². The number of rotatable bonds is 3. The van der Waals surface area contributed by atoms with Crippen molar-refractivity contribution in [1.29, 1.82) is 0 Å². The van der Waals surface area contributed by atoms with Crippen LogP contribution >= 0.6 is 0 Å². The minimum Gasteiger partial charge on any atom is -0.492 e. The molecule has 31 heavy (non-hydrogen) atoms. The highest BCUT2D eigenvalue weighted by Crippen LogP contribution is 2.47. The zero-order valence-corrected chi connectivity index (χ0v) is 17.1. The fourth-order valence-corrected chi connectivity index (χ4v) is 4.98. The first kappa shape index (κ1) is 20.1. The molecule has 1 aromatic heterocycles. The molecule has 1 aromatic carbocycles. The van der Waals surface area contributed by atoms with Gasteiger partial charge in [-0.2, -0.15) is 0 Å². The molecule has 3 atom stereocenters. The summed E-state index contributed by atoms with van der Waals surface area (Å²) in [5, 5.41) is 20.6. The van der Waals surface area contributed by atoms with Crippen LogP contribution < -0.4 is 26.6 Å². The van der Waals surface area contributed by atoms with Gasteiger partial charge in [0.05, 0.1) is 30.4 Å². The number of aromatic nitrogens is 2. The molecule has 1 saturated heterocycles. The van der Waals surface area contributed by atoms with Crippen molar-refractivity contribution in [3.05, 3.63) is 38.3 Å². The van der Waals surface area contributed by atoms with Crippen LogP contribution in [-0.4, -0.2) is 52.2 Å². The van der Waals surface area contributed by atoms with Crippen LogP contribution in [-0.2, 0) is 0 Å². The van der Waals surface area contributed by atoms with Gasteiger partial charge in [0.2, 0.25) is 0 Å². The number of aliphatic hydroxyl groups excluding tert-OH is 2. The molecule has 9 nitrogen and oxygen atoms in total. The van der Waals surface area contributed by atoms with E-state index in [2.05, 4.69) is 4.98 Å². The van der Waals surface area contributed by atoms with Crippen LogP contribution in [0, 0.1) is 11.7 Å². The van der Waals surface area contributed by atoms with Crippen molar-refractivity contribution in [3.63, 3.8) is 0 Å². The molecule has 3 unspecified atom stereocenters. The van der Waals surface area contributed by atoms with Crippen LogP contribution in [0.3, 0.4) is 0 Å². The number of hydrogen-bond acceptors (Lipinski definition) is 7. The standard InChI is InChI=1S/C21H25FN4O5/c1-31-19-16-13(20(29)24-21(30)26(16)10-5-6-10)15(23)14(22)17(19)25-7-9-3-2-4-12(27)18(28)11(9)8-25/h3,10-12,18,27-28H,2,4-8,23H2,1H3,(H,24,29,30). The smallest absolute Gasteiger partial charge is 0.329 e. The molecule has 1 saturated carbocycles. The number of nitrogen functional groups attached to an aromatic ring is 1. The molecule has 2 aliphatic carbocycles. The van der Waals surface area contributed by atoms with E-state index < -0.39 is 29.3 Å². The predicted octanol–water partition coefficient (Wildman–Crippen LogP) is 0.633. The average Bonchev–Trinajstić information content (AvgIpc) is 3.49. The number of methoxy groups -OCH3 is 1. The third kappa shape index (κ3) is 2.96. The van der Waals surface area contributed by atoms with E-state index in [9.17, 15) is 19.8 Å². The van der Waals surface area contributed by atoms with E-state index in [4.69, 9.17) is 10.5 Å². The van der Waals surface area contributed by atoms with Crippen molar-refractivity contribution in [1.82, 2.24) is 9.55 Å². The summed E-state index contributed by atoms with van der Waals surface area (Å²) in [7, 11) is 1.36. The molecule has 5 rings (SSSR count). The van der Waals surface area contributed by atoms with Gasteiger partial charge >= 0.3 is 5.69 Å². The van der Waals surface area contributed by atoms with Crippen LogP contribution in [0.25, 0.3) is 10.9 Å². The van der Waals surface area contributed by atoms with Gasteiger partial charge in [0.1, 0.15) is 11.2 Å². The Morgan fingerprint density at radius 1 is 1.26 bits per heavy atom. The molecule has 2 aromatic rings. The molecule has 1 aliphatic heterocycles. The number of aliphatic hydroxyl groups is 2. The zero-order chi connectivity index (χ0) is 22.0. The van der Waals surface area contributed by atoms with E-state index in [1.165, 1.54) is 11.7 Å². The number of ether oxygens (including phenoxy) is 1. The lowest BCUT2D eigenvalue weighted by Gasteiger charge is -2.26. The quantitative estimate of drug-likeness (QED) is 0.413. The second kappa shape index (κ2) is 7.10. The highest BCUT2D eigenvalue weighted by atomic mass is 19.1. The highest BCUT2D eigenvalue weighted by molar-refractivity contribution is 6.00. The molecule has 166 valence electrons. The van der Waals surface area contributed by atoms with Gasteiger partial charge in [-0.15, -0.1) is 0 Å². The molecule has 10 heteroatoms. The second-order valence-corrected chi connectivity index (χ2v) is 8.59. The van der Waals surface area contributed by atoms with Gasteiger partial charge in [0.15, 0.2) is 11.6 Å². The largest absolute Gasteiger partial charge is 0.492 e. The number of halogens is 1. The number of aromatic amines is 1. The lowest BCUT2D eigenvalue weighted by Crippen LogP contribution is -2.35. The number of nitrogens with two attached hydrogens (primary N) is 1. The first-order chi connectivity index (χ1) is 14.8. The summed E-state index contributed by atoms with van der Waals surface area (Å²) < 4.78 is 22.6. The van der Waals surface area contributed by atoms with Crippen molar-refractivity contribution in [2.45, 2.75) is 43.9 Å². The van der Waals surface area contributed by atoms with Crippen molar-refractivity contribution < 1.29 is 19.3 Å².